The van der Waals surface area contributed by atoms with E-state index in [1.165, 1.54) is 12.1 Å². The number of benzene rings is 1. The first kappa shape index (κ1) is 23.5. The molecule has 0 fully saturated rings. The summed E-state index contributed by atoms with van der Waals surface area (Å²) in [4.78, 5) is 10.6. The van der Waals surface area contributed by atoms with Crippen molar-refractivity contribution in [1.29, 1.82) is 0 Å². The van der Waals surface area contributed by atoms with Crippen LogP contribution < -0.4 is 0 Å². The molecule has 0 saturated heterocycles. The van der Waals surface area contributed by atoms with Crippen LogP contribution in [-0.4, -0.2) is 30.0 Å². The number of hydrogen-bond donors (Lipinski definition) is 0. The Kier molecular flexibility index (Phi) is 7.62. The van der Waals surface area contributed by atoms with E-state index in [1.807, 2.05) is 20.8 Å². The molecule has 0 aliphatic carbocycles. The minimum absolute atomic E-state index is 0.0108. The van der Waals surface area contributed by atoms with Crippen molar-refractivity contribution in [3.05, 3.63) is 51.0 Å². The van der Waals surface area contributed by atoms with E-state index in [0.29, 0.717) is 17.5 Å². The third kappa shape index (κ3) is 5.89. The first-order valence-electron chi connectivity index (χ1n) is 9.70. The van der Waals surface area contributed by atoms with Crippen LogP contribution in [0.3, 0.4) is 0 Å². The van der Waals surface area contributed by atoms with Gasteiger partial charge in [-0.1, -0.05) is 12.1 Å². The molecular formula is C20H30NO7P. The van der Waals surface area contributed by atoms with Gasteiger partial charge in [-0.2, -0.15) is 0 Å². The minimum Gasteiger partial charge on any atom is -0.469 e. The predicted molar refractivity (Wildman–Crippen MR) is 110 cm³/mol. The van der Waals surface area contributed by atoms with Crippen molar-refractivity contribution in [3.63, 3.8) is 0 Å². The average molecular weight is 427 g/mol. The second-order valence-electron chi connectivity index (χ2n) is 7.69. The molecule has 2 rings (SSSR count). The lowest BCUT2D eigenvalue weighted by atomic mass is 9.92. The maximum absolute atomic E-state index is 13.6. The fraction of sp³-hybridized carbons (Fsp3) is 0.600. The lowest BCUT2D eigenvalue weighted by molar-refractivity contribution is -0.384. The average Bonchev–Trinajstić information content (AvgIpc) is 2.60. The SMILES string of the molecule is CCOP(=O)(OCC)C1=C(C)O[C@@H](OC(C)(C)C)C[C@H]1c1ccc([N+](=O)[O-])cc1. The van der Waals surface area contributed by atoms with Crippen LogP contribution in [0, 0.1) is 10.1 Å². The molecule has 0 aromatic heterocycles. The number of allylic oxidation sites excluding steroid dienone is 2. The van der Waals surface area contributed by atoms with E-state index in [1.54, 1.807) is 32.9 Å². The molecule has 8 nitrogen and oxygen atoms in total. The van der Waals surface area contributed by atoms with Gasteiger partial charge >= 0.3 is 7.60 Å². The lowest BCUT2D eigenvalue weighted by Crippen LogP contribution is -2.33. The molecule has 0 N–H and O–H groups in total. The number of nitro groups is 1. The van der Waals surface area contributed by atoms with Gasteiger partial charge in [-0.3, -0.25) is 14.7 Å². The van der Waals surface area contributed by atoms with E-state index in [4.69, 9.17) is 18.5 Å². The minimum atomic E-state index is -3.62. The van der Waals surface area contributed by atoms with Crippen LogP contribution in [0.25, 0.3) is 0 Å². The molecule has 0 amide bonds. The predicted octanol–water partition coefficient (Wildman–Crippen LogP) is 5.74. The number of nitro benzene ring substituents is 1. The summed E-state index contributed by atoms with van der Waals surface area (Å²) in [5.41, 5.74) is 0.310. The number of nitrogens with zero attached hydrogens (tertiary/aromatic N) is 1. The summed E-state index contributed by atoms with van der Waals surface area (Å²) in [7, 11) is -3.62. The van der Waals surface area contributed by atoms with Crippen molar-refractivity contribution in [1.82, 2.24) is 0 Å². The van der Waals surface area contributed by atoms with Crippen LogP contribution in [0.1, 0.15) is 59.4 Å². The van der Waals surface area contributed by atoms with Crippen LogP contribution in [-0.2, 0) is 23.1 Å². The standard InChI is InChI=1S/C20H30NO7P/c1-7-25-29(24,26-8-2)19-14(3)27-18(28-20(4,5)6)13-17(19)15-9-11-16(12-10-15)21(22)23/h9-12,17-18H,7-8,13H2,1-6H3/t17-,18-/m0/s1. The van der Waals surface area contributed by atoms with E-state index in [9.17, 15) is 14.7 Å². The van der Waals surface area contributed by atoms with E-state index in [2.05, 4.69) is 0 Å². The van der Waals surface area contributed by atoms with Gasteiger partial charge in [0.2, 0.25) is 6.29 Å². The van der Waals surface area contributed by atoms with Gasteiger partial charge in [0.15, 0.2) is 0 Å². The highest BCUT2D eigenvalue weighted by Gasteiger charge is 2.43. The summed E-state index contributed by atoms with van der Waals surface area (Å²) < 4.78 is 36.7. The van der Waals surface area contributed by atoms with Gasteiger partial charge in [0.1, 0.15) is 5.76 Å². The Morgan fingerprint density at radius 1 is 1.17 bits per heavy atom. The molecule has 162 valence electrons. The Morgan fingerprint density at radius 3 is 2.17 bits per heavy atom. The molecule has 1 aliphatic rings. The van der Waals surface area contributed by atoms with Crippen LogP contribution in [0.15, 0.2) is 35.3 Å². The number of hydrogen-bond acceptors (Lipinski definition) is 7. The molecule has 0 spiro atoms. The Bertz CT molecular complexity index is 788. The summed E-state index contributed by atoms with van der Waals surface area (Å²) in [6.07, 6.45) is -0.179. The highest BCUT2D eigenvalue weighted by molar-refractivity contribution is 7.58. The van der Waals surface area contributed by atoms with Gasteiger partial charge in [-0.05, 0) is 47.1 Å². The summed E-state index contributed by atoms with van der Waals surface area (Å²) in [6.45, 7) is 11.4. The summed E-state index contributed by atoms with van der Waals surface area (Å²) in [5, 5.41) is 11.4. The highest BCUT2D eigenvalue weighted by Crippen LogP contribution is 2.64. The topological polar surface area (TPSA) is 97.1 Å². The van der Waals surface area contributed by atoms with Gasteiger partial charge in [0, 0.05) is 24.5 Å². The quantitative estimate of drug-likeness (QED) is 0.296. The maximum atomic E-state index is 13.6. The second kappa shape index (κ2) is 9.39. The third-order valence-corrected chi connectivity index (χ3v) is 6.72. The van der Waals surface area contributed by atoms with Crippen molar-refractivity contribution in [2.45, 2.75) is 65.8 Å². The van der Waals surface area contributed by atoms with Gasteiger partial charge < -0.3 is 18.5 Å². The molecule has 1 aromatic carbocycles. The first-order chi connectivity index (χ1) is 13.5. The lowest BCUT2D eigenvalue weighted by Gasteiger charge is -2.38. The maximum Gasteiger partial charge on any atom is 0.361 e. The van der Waals surface area contributed by atoms with Crippen molar-refractivity contribution in [3.8, 4) is 0 Å². The molecule has 0 bridgehead atoms. The van der Waals surface area contributed by atoms with Crippen LogP contribution in [0.5, 0.6) is 0 Å². The van der Waals surface area contributed by atoms with E-state index in [0.717, 1.165) is 5.56 Å². The summed E-state index contributed by atoms with van der Waals surface area (Å²) in [5.74, 6) is 0.0416. The number of rotatable bonds is 8. The van der Waals surface area contributed by atoms with Crippen LogP contribution in [0.4, 0.5) is 5.69 Å². The molecule has 2 atom stereocenters. The molecule has 29 heavy (non-hydrogen) atoms. The fourth-order valence-corrected chi connectivity index (χ4v) is 5.45. The second-order valence-corrected chi connectivity index (χ2v) is 9.68. The summed E-state index contributed by atoms with van der Waals surface area (Å²) in [6, 6.07) is 6.20. The van der Waals surface area contributed by atoms with E-state index < -0.39 is 24.4 Å². The van der Waals surface area contributed by atoms with Crippen molar-refractivity contribution >= 4 is 13.3 Å². The highest BCUT2D eigenvalue weighted by atomic mass is 31.2. The molecule has 9 heteroatoms. The number of non-ortho nitro benzene ring substituents is 1. The molecular weight excluding hydrogens is 397 g/mol. The van der Waals surface area contributed by atoms with Crippen molar-refractivity contribution in [2.75, 3.05) is 13.2 Å². The van der Waals surface area contributed by atoms with Crippen molar-refractivity contribution < 1.29 is 28.0 Å². The Labute approximate surface area is 171 Å². The Morgan fingerprint density at radius 2 is 1.72 bits per heavy atom. The van der Waals surface area contributed by atoms with Gasteiger partial charge in [-0.25, -0.2) is 0 Å². The van der Waals surface area contributed by atoms with Gasteiger partial charge in [-0.15, -0.1) is 0 Å². The Balaban J connectivity index is 2.53. The molecule has 1 aliphatic heterocycles. The van der Waals surface area contributed by atoms with Crippen molar-refractivity contribution in [2.24, 2.45) is 0 Å². The first-order valence-corrected chi connectivity index (χ1v) is 11.2. The molecule has 1 heterocycles. The smallest absolute Gasteiger partial charge is 0.361 e. The normalized spacial score (nSPS) is 20.5. The Hall–Kier alpha value is -1.73. The summed E-state index contributed by atoms with van der Waals surface area (Å²) >= 11 is 0. The molecule has 0 unspecified atom stereocenters. The fourth-order valence-electron chi connectivity index (χ4n) is 3.34. The number of ether oxygens (including phenoxy) is 2. The zero-order chi connectivity index (χ0) is 21.8. The molecule has 0 radical (unpaired) electrons. The zero-order valence-electron chi connectivity index (χ0n) is 17.8. The van der Waals surface area contributed by atoms with E-state index >= 15 is 0 Å². The third-order valence-electron chi connectivity index (χ3n) is 4.31. The zero-order valence-corrected chi connectivity index (χ0v) is 18.7. The molecule has 0 saturated carbocycles. The van der Waals surface area contributed by atoms with Gasteiger partial charge in [0.25, 0.3) is 5.69 Å². The monoisotopic (exact) mass is 427 g/mol. The van der Waals surface area contributed by atoms with Gasteiger partial charge in [0.05, 0.1) is 29.1 Å². The van der Waals surface area contributed by atoms with Crippen LogP contribution >= 0.6 is 7.60 Å². The molecule has 1 aromatic rings. The van der Waals surface area contributed by atoms with E-state index in [-0.39, 0.29) is 24.8 Å². The largest absolute Gasteiger partial charge is 0.469 e. The van der Waals surface area contributed by atoms with Crippen LogP contribution in [0.2, 0.25) is 0 Å².